The molecule has 0 bridgehead atoms. The number of anilines is 1. The fourth-order valence-electron chi connectivity index (χ4n) is 1.83. The molecule has 1 aromatic carbocycles. The van der Waals surface area contributed by atoms with Crippen LogP contribution in [0.3, 0.4) is 0 Å². The van der Waals surface area contributed by atoms with Gasteiger partial charge in [0.15, 0.2) is 0 Å². The summed E-state index contributed by atoms with van der Waals surface area (Å²) in [6, 6.07) is 8.92. The highest BCUT2D eigenvalue weighted by molar-refractivity contribution is 9.10. The van der Waals surface area contributed by atoms with Gasteiger partial charge in [-0.2, -0.15) is 0 Å². The second-order valence-corrected chi connectivity index (χ2v) is 5.36. The van der Waals surface area contributed by atoms with E-state index >= 15 is 0 Å². The fourth-order valence-corrected chi connectivity index (χ4v) is 2.34. The lowest BCUT2D eigenvalue weighted by Crippen LogP contribution is -2.26. The summed E-state index contributed by atoms with van der Waals surface area (Å²) in [5.41, 5.74) is 6.84. The van der Waals surface area contributed by atoms with Gasteiger partial charge < -0.3 is 15.1 Å². The van der Waals surface area contributed by atoms with Crippen LogP contribution in [0.2, 0.25) is 0 Å². The number of amides is 1. The van der Waals surface area contributed by atoms with E-state index in [0.717, 1.165) is 16.0 Å². The number of benzene rings is 1. The van der Waals surface area contributed by atoms with E-state index in [1.54, 1.807) is 30.1 Å². The Labute approximate surface area is 120 Å². The Morgan fingerprint density at radius 3 is 2.68 bits per heavy atom. The average Bonchev–Trinajstić information content (AvgIpc) is 2.72. The van der Waals surface area contributed by atoms with Gasteiger partial charge in [0.2, 0.25) is 0 Å². The molecule has 0 spiro atoms. The molecule has 2 rings (SSSR count). The summed E-state index contributed by atoms with van der Waals surface area (Å²) < 4.78 is 6.25. The number of carbonyl (C=O) groups excluding carboxylic acids is 1. The van der Waals surface area contributed by atoms with Crippen LogP contribution in [-0.2, 0) is 6.54 Å². The fraction of sp³-hybridized carbons (Fsp3) is 0.214. The molecule has 1 amide bonds. The number of hydrogen-bond donors (Lipinski definition) is 1. The molecule has 5 heteroatoms. The van der Waals surface area contributed by atoms with Crippen molar-refractivity contribution < 1.29 is 9.21 Å². The third-order valence-corrected chi connectivity index (χ3v) is 3.16. The number of nitrogen functional groups attached to an aromatic ring is 1. The van der Waals surface area contributed by atoms with Gasteiger partial charge in [-0.25, -0.2) is 0 Å². The van der Waals surface area contributed by atoms with Crippen LogP contribution >= 0.6 is 15.9 Å². The highest BCUT2D eigenvalue weighted by Crippen LogP contribution is 2.19. The predicted octanol–water partition coefficient (Wildman–Crippen LogP) is 3.20. The van der Waals surface area contributed by atoms with E-state index < -0.39 is 0 Å². The molecule has 0 radical (unpaired) electrons. The Kier molecular flexibility index (Phi) is 3.95. The van der Waals surface area contributed by atoms with Crippen LogP contribution in [0, 0.1) is 6.92 Å². The van der Waals surface area contributed by atoms with Crippen LogP contribution in [0.5, 0.6) is 0 Å². The van der Waals surface area contributed by atoms with E-state index in [9.17, 15) is 4.79 Å². The third kappa shape index (κ3) is 3.38. The maximum atomic E-state index is 12.3. The maximum absolute atomic E-state index is 12.3. The highest BCUT2D eigenvalue weighted by Gasteiger charge is 2.14. The summed E-state index contributed by atoms with van der Waals surface area (Å²) in [6.45, 7) is 2.30. The van der Waals surface area contributed by atoms with Crippen molar-refractivity contribution in [3.05, 3.63) is 51.9 Å². The number of rotatable bonds is 3. The van der Waals surface area contributed by atoms with E-state index in [2.05, 4.69) is 15.9 Å². The van der Waals surface area contributed by atoms with Gasteiger partial charge in [0.05, 0.1) is 6.54 Å². The van der Waals surface area contributed by atoms with Crippen molar-refractivity contribution in [2.75, 3.05) is 12.8 Å². The molecular weight excluding hydrogens is 308 g/mol. The largest absolute Gasteiger partial charge is 0.464 e. The van der Waals surface area contributed by atoms with Crippen LogP contribution in [0.25, 0.3) is 0 Å². The van der Waals surface area contributed by atoms with Crippen molar-refractivity contribution in [3.63, 3.8) is 0 Å². The zero-order valence-corrected chi connectivity index (χ0v) is 12.4. The topological polar surface area (TPSA) is 59.5 Å². The number of furan rings is 1. The summed E-state index contributed by atoms with van der Waals surface area (Å²) in [5.74, 6) is 1.50. The number of hydrogen-bond acceptors (Lipinski definition) is 3. The number of nitrogens with zero attached hydrogens (tertiary/aromatic N) is 1. The molecule has 1 aromatic heterocycles. The van der Waals surface area contributed by atoms with E-state index in [1.807, 2.05) is 19.1 Å². The number of halogens is 1. The minimum atomic E-state index is -0.0953. The van der Waals surface area contributed by atoms with Gasteiger partial charge in [-0.3, -0.25) is 4.79 Å². The van der Waals surface area contributed by atoms with Crippen molar-refractivity contribution in [1.82, 2.24) is 4.90 Å². The van der Waals surface area contributed by atoms with Crippen molar-refractivity contribution in [1.29, 1.82) is 0 Å². The smallest absolute Gasteiger partial charge is 0.254 e. The van der Waals surface area contributed by atoms with Gasteiger partial charge in [-0.05, 0) is 37.3 Å². The zero-order valence-electron chi connectivity index (χ0n) is 10.8. The number of carbonyl (C=O) groups is 1. The van der Waals surface area contributed by atoms with Gasteiger partial charge in [0, 0.05) is 22.8 Å². The molecule has 0 unspecified atom stereocenters. The minimum absolute atomic E-state index is 0.0953. The molecule has 0 atom stereocenters. The molecule has 0 aliphatic rings. The summed E-state index contributed by atoms with van der Waals surface area (Å²) >= 11 is 3.33. The maximum Gasteiger partial charge on any atom is 0.254 e. The van der Waals surface area contributed by atoms with Gasteiger partial charge in [-0.1, -0.05) is 15.9 Å². The first-order valence-electron chi connectivity index (χ1n) is 5.82. The molecule has 0 saturated heterocycles. The Morgan fingerprint density at radius 2 is 2.11 bits per heavy atom. The Morgan fingerprint density at radius 1 is 1.37 bits per heavy atom. The molecule has 100 valence electrons. The Balaban J connectivity index is 2.14. The monoisotopic (exact) mass is 322 g/mol. The molecule has 0 fully saturated rings. The highest BCUT2D eigenvalue weighted by atomic mass is 79.9. The van der Waals surface area contributed by atoms with Crippen molar-refractivity contribution in [2.24, 2.45) is 0 Å². The van der Waals surface area contributed by atoms with Gasteiger partial charge in [0.25, 0.3) is 5.91 Å². The molecule has 4 nitrogen and oxygen atoms in total. The lowest BCUT2D eigenvalue weighted by atomic mass is 10.2. The SMILES string of the molecule is Cc1ccc(CN(C)C(=O)c2cc(N)cc(Br)c2)o1. The van der Waals surface area contributed by atoms with Gasteiger partial charge in [0.1, 0.15) is 11.5 Å². The molecular formula is C14H15BrN2O2. The van der Waals surface area contributed by atoms with Crippen LogP contribution < -0.4 is 5.73 Å². The molecule has 2 N–H and O–H groups in total. The first-order valence-corrected chi connectivity index (χ1v) is 6.62. The first kappa shape index (κ1) is 13.7. The quantitative estimate of drug-likeness (QED) is 0.883. The molecule has 0 aliphatic carbocycles. The van der Waals surface area contributed by atoms with Gasteiger partial charge in [-0.15, -0.1) is 0 Å². The predicted molar refractivity (Wildman–Crippen MR) is 77.8 cm³/mol. The van der Waals surface area contributed by atoms with E-state index in [-0.39, 0.29) is 5.91 Å². The zero-order chi connectivity index (χ0) is 14.0. The summed E-state index contributed by atoms with van der Waals surface area (Å²) in [5, 5.41) is 0. The van der Waals surface area contributed by atoms with Crippen LogP contribution in [0.1, 0.15) is 21.9 Å². The number of nitrogens with two attached hydrogens (primary N) is 1. The first-order chi connectivity index (χ1) is 8.95. The van der Waals surface area contributed by atoms with E-state index in [4.69, 9.17) is 10.2 Å². The van der Waals surface area contributed by atoms with Crippen LogP contribution in [0.15, 0.2) is 39.2 Å². The van der Waals surface area contributed by atoms with E-state index in [1.165, 1.54) is 0 Å². The normalized spacial score (nSPS) is 10.5. The molecule has 0 aliphatic heterocycles. The second kappa shape index (κ2) is 5.48. The van der Waals surface area contributed by atoms with Crippen LogP contribution in [-0.4, -0.2) is 17.9 Å². The minimum Gasteiger partial charge on any atom is -0.464 e. The Bertz CT molecular complexity index is 587. The van der Waals surface area contributed by atoms with Crippen molar-refractivity contribution in [2.45, 2.75) is 13.5 Å². The van der Waals surface area contributed by atoms with Crippen molar-refractivity contribution in [3.8, 4) is 0 Å². The van der Waals surface area contributed by atoms with Gasteiger partial charge >= 0.3 is 0 Å². The lowest BCUT2D eigenvalue weighted by Gasteiger charge is -2.16. The van der Waals surface area contributed by atoms with Crippen molar-refractivity contribution >= 4 is 27.5 Å². The molecule has 0 saturated carbocycles. The summed E-state index contributed by atoms with van der Waals surface area (Å²) in [6.07, 6.45) is 0. The van der Waals surface area contributed by atoms with Crippen LogP contribution in [0.4, 0.5) is 5.69 Å². The van der Waals surface area contributed by atoms with E-state index in [0.29, 0.717) is 17.8 Å². The molecule has 2 aromatic rings. The standard InChI is InChI=1S/C14H15BrN2O2/c1-9-3-4-13(19-9)8-17(2)14(18)10-5-11(15)7-12(16)6-10/h3-7H,8,16H2,1-2H3. The molecule has 1 heterocycles. The second-order valence-electron chi connectivity index (χ2n) is 4.45. The summed E-state index contributed by atoms with van der Waals surface area (Å²) in [4.78, 5) is 13.9. The summed E-state index contributed by atoms with van der Waals surface area (Å²) in [7, 11) is 1.73. The molecule has 19 heavy (non-hydrogen) atoms. The Hall–Kier alpha value is -1.75. The third-order valence-electron chi connectivity index (χ3n) is 2.70. The lowest BCUT2D eigenvalue weighted by molar-refractivity contribution is 0.0775. The number of aryl methyl sites for hydroxylation is 1. The average molecular weight is 323 g/mol.